The number of halogens is 1. The molecule has 4 aromatic rings. The molecule has 3 aromatic carbocycles. The first-order chi connectivity index (χ1) is 16.5. The van der Waals surface area contributed by atoms with Gasteiger partial charge in [0.25, 0.3) is 5.91 Å². The normalized spacial score (nSPS) is 10.8. The van der Waals surface area contributed by atoms with Crippen LogP contribution in [0.1, 0.15) is 19.7 Å². The second-order valence-corrected chi connectivity index (χ2v) is 8.18. The lowest BCUT2D eigenvalue weighted by molar-refractivity contribution is -0.136. The lowest BCUT2D eigenvalue weighted by Crippen LogP contribution is -2.39. The quantitative estimate of drug-likeness (QED) is 0.294. The molecular weight excluding hydrogens is 454 g/mol. The number of hydrogen-bond acceptors (Lipinski definition) is 6. The predicted octanol–water partition coefficient (Wildman–Crippen LogP) is 6.00. The number of aromatic nitrogens is 2. The van der Waals surface area contributed by atoms with Crippen LogP contribution in [0.3, 0.4) is 0 Å². The molecule has 0 fully saturated rings. The Labute approximate surface area is 202 Å². The Morgan fingerprint density at radius 2 is 1.56 bits per heavy atom. The van der Waals surface area contributed by atoms with E-state index in [0.29, 0.717) is 33.9 Å². The summed E-state index contributed by atoms with van der Waals surface area (Å²) in [6, 6.07) is 23.7. The minimum absolute atomic E-state index is 0.0894. The van der Waals surface area contributed by atoms with Gasteiger partial charge in [0.15, 0.2) is 6.61 Å². The van der Waals surface area contributed by atoms with Gasteiger partial charge in [-0.1, -0.05) is 41.9 Å². The highest BCUT2D eigenvalue weighted by Gasteiger charge is 2.21. The second-order valence-electron chi connectivity index (χ2n) is 7.77. The maximum atomic E-state index is 12.9. The van der Waals surface area contributed by atoms with Crippen LogP contribution in [0.25, 0.3) is 11.5 Å². The van der Waals surface area contributed by atoms with Crippen LogP contribution in [-0.2, 0) is 11.3 Å². The minimum atomic E-state index is -0.197. The highest BCUT2D eigenvalue weighted by atomic mass is 35.5. The molecule has 0 atom stereocenters. The van der Waals surface area contributed by atoms with Crippen molar-refractivity contribution in [2.45, 2.75) is 26.4 Å². The standard InChI is InChI=1S/C26H24ClN3O4/c1-18(2)30(16-24-28-29-26(34-24)22-10-6-7-11-23(22)27)25(31)17-32-19-12-14-21(15-13-19)33-20-8-4-3-5-9-20/h3-15,18H,16-17H2,1-2H3. The molecule has 34 heavy (non-hydrogen) atoms. The summed E-state index contributed by atoms with van der Waals surface area (Å²) in [6.45, 7) is 3.88. The van der Waals surface area contributed by atoms with Crippen molar-refractivity contribution in [3.8, 4) is 28.7 Å². The summed E-state index contributed by atoms with van der Waals surface area (Å²) in [5, 5.41) is 8.66. The highest BCUT2D eigenvalue weighted by molar-refractivity contribution is 6.33. The Bertz CT molecular complexity index is 1230. The lowest BCUT2D eigenvalue weighted by atomic mass is 10.2. The lowest BCUT2D eigenvalue weighted by Gasteiger charge is -2.25. The van der Waals surface area contributed by atoms with Gasteiger partial charge in [0.05, 0.1) is 17.1 Å². The van der Waals surface area contributed by atoms with Gasteiger partial charge in [-0.15, -0.1) is 10.2 Å². The van der Waals surface area contributed by atoms with E-state index >= 15 is 0 Å². The fourth-order valence-corrected chi connectivity index (χ4v) is 3.44. The van der Waals surface area contributed by atoms with Crippen LogP contribution < -0.4 is 9.47 Å². The summed E-state index contributed by atoms with van der Waals surface area (Å²) in [5.74, 6) is 2.43. The summed E-state index contributed by atoms with van der Waals surface area (Å²) >= 11 is 6.21. The van der Waals surface area contributed by atoms with Gasteiger partial charge in [0, 0.05) is 6.04 Å². The molecule has 1 heterocycles. The number of hydrogen-bond donors (Lipinski definition) is 0. The fourth-order valence-electron chi connectivity index (χ4n) is 3.22. The Morgan fingerprint density at radius 1 is 0.912 bits per heavy atom. The van der Waals surface area contributed by atoms with Crippen LogP contribution in [0.15, 0.2) is 83.3 Å². The van der Waals surface area contributed by atoms with Crippen molar-refractivity contribution in [1.29, 1.82) is 0 Å². The summed E-state index contributed by atoms with van der Waals surface area (Å²) < 4.78 is 17.2. The molecule has 0 N–H and O–H groups in total. The van der Waals surface area contributed by atoms with Crippen LogP contribution in [0.5, 0.6) is 17.2 Å². The Hall–Kier alpha value is -3.84. The fraction of sp³-hybridized carbons (Fsp3) is 0.192. The van der Waals surface area contributed by atoms with E-state index < -0.39 is 0 Å². The molecule has 1 aromatic heterocycles. The molecule has 0 aliphatic heterocycles. The van der Waals surface area contributed by atoms with E-state index in [4.69, 9.17) is 25.5 Å². The van der Waals surface area contributed by atoms with E-state index in [1.165, 1.54) is 0 Å². The Kier molecular flexibility index (Phi) is 7.44. The van der Waals surface area contributed by atoms with Gasteiger partial charge in [-0.05, 0) is 62.4 Å². The number of ether oxygens (including phenoxy) is 2. The Balaban J connectivity index is 1.35. The van der Waals surface area contributed by atoms with Crippen molar-refractivity contribution in [1.82, 2.24) is 15.1 Å². The molecule has 0 bridgehead atoms. The zero-order chi connectivity index (χ0) is 23.9. The molecule has 0 aliphatic rings. The number of nitrogens with zero attached hydrogens (tertiary/aromatic N) is 3. The van der Waals surface area contributed by atoms with Crippen LogP contribution in [-0.4, -0.2) is 33.7 Å². The molecule has 174 valence electrons. The van der Waals surface area contributed by atoms with E-state index in [1.807, 2.05) is 56.3 Å². The van der Waals surface area contributed by atoms with Gasteiger partial charge in [0.1, 0.15) is 17.2 Å². The number of rotatable bonds is 9. The molecule has 0 saturated heterocycles. The van der Waals surface area contributed by atoms with Gasteiger partial charge in [0.2, 0.25) is 11.8 Å². The van der Waals surface area contributed by atoms with Gasteiger partial charge in [-0.3, -0.25) is 4.79 Å². The number of carbonyl (C=O) groups is 1. The van der Waals surface area contributed by atoms with Crippen LogP contribution in [0.4, 0.5) is 0 Å². The van der Waals surface area contributed by atoms with Crippen LogP contribution in [0.2, 0.25) is 5.02 Å². The molecule has 7 nitrogen and oxygen atoms in total. The van der Waals surface area contributed by atoms with Crippen molar-refractivity contribution in [3.05, 3.63) is 89.8 Å². The minimum Gasteiger partial charge on any atom is -0.484 e. The number of carbonyl (C=O) groups excluding carboxylic acids is 1. The molecule has 0 unspecified atom stereocenters. The second kappa shape index (κ2) is 10.9. The van der Waals surface area contributed by atoms with E-state index in [9.17, 15) is 4.79 Å². The van der Waals surface area contributed by atoms with Gasteiger partial charge >= 0.3 is 0 Å². The first kappa shape index (κ1) is 23.3. The zero-order valence-electron chi connectivity index (χ0n) is 18.8. The van der Waals surface area contributed by atoms with Crippen molar-refractivity contribution in [3.63, 3.8) is 0 Å². The van der Waals surface area contributed by atoms with Crippen molar-refractivity contribution >= 4 is 17.5 Å². The summed E-state index contributed by atoms with van der Waals surface area (Å²) in [4.78, 5) is 14.5. The third-order valence-electron chi connectivity index (χ3n) is 4.99. The molecule has 8 heteroatoms. The van der Waals surface area contributed by atoms with Crippen LogP contribution >= 0.6 is 11.6 Å². The summed E-state index contributed by atoms with van der Waals surface area (Å²) in [6.07, 6.45) is 0. The molecule has 0 aliphatic carbocycles. The first-order valence-corrected chi connectivity index (χ1v) is 11.2. The molecular formula is C26H24ClN3O4. The molecule has 0 spiro atoms. The predicted molar refractivity (Wildman–Crippen MR) is 129 cm³/mol. The third-order valence-corrected chi connectivity index (χ3v) is 5.31. The van der Waals surface area contributed by atoms with E-state index in [0.717, 1.165) is 5.75 Å². The maximum Gasteiger partial charge on any atom is 0.261 e. The zero-order valence-corrected chi connectivity index (χ0v) is 19.6. The SMILES string of the molecule is CC(C)N(Cc1nnc(-c2ccccc2Cl)o1)C(=O)COc1ccc(Oc2ccccc2)cc1. The van der Waals surface area contributed by atoms with E-state index in [2.05, 4.69) is 10.2 Å². The topological polar surface area (TPSA) is 77.7 Å². The average molecular weight is 478 g/mol. The monoisotopic (exact) mass is 477 g/mol. The molecule has 0 saturated carbocycles. The maximum absolute atomic E-state index is 12.9. The van der Waals surface area contributed by atoms with Gasteiger partial charge in [-0.2, -0.15) is 0 Å². The van der Waals surface area contributed by atoms with Crippen LogP contribution in [0, 0.1) is 0 Å². The summed E-state index contributed by atoms with van der Waals surface area (Å²) in [5.41, 5.74) is 0.647. The van der Waals surface area contributed by atoms with E-state index in [-0.39, 0.29) is 25.1 Å². The summed E-state index contributed by atoms with van der Waals surface area (Å²) in [7, 11) is 0. The van der Waals surface area contributed by atoms with E-state index in [1.54, 1.807) is 41.3 Å². The first-order valence-electron chi connectivity index (χ1n) is 10.8. The molecule has 4 rings (SSSR count). The van der Waals surface area contributed by atoms with Crippen molar-refractivity contribution in [2.75, 3.05) is 6.61 Å². The van der Waals surface area contributed by atoms with Crippen molar-refractivity contribution < 1.29 is 18.7 Å². The number of benzene rings is 3. The van der Waals surface area contributed by atoms with Gasteiger partial charge < -0.3 is 18.8 Å². The Morgan fingerprint density at radius 3 is 2.26 bits per heavy atom. The van der Waals surface area contributed by atoms with Gasteiger partial charge in [-0.25, -0.2) is 0 Å². The largest absolute Gasteiger partial charge is 0.484 e. The number of amides is 1. The van der Waals surface area contributed by atoms with Crippen molar-refractivity contribution in [2.24, 2.45) is 0 Å². The molecule has 0 radical (unpaired) electrons. The average Bonchev–Trinajstić information content (AvgIpc) is 3.31. The highest BCUT2D eigenvalue weighted by Crippen LogP contribution is 2.27. The number of para-hydroxylation sites is 1. The smallest absolute Gasteiger partial charge is 0.261 e. The molecule has 1 amide bonds. The third kappa shape index (κ3) is 5.94.